The molecule has 1 amide bonds. The van der Waals surface area contributed by atoms with Crippen molar-refractivity contribution in [3.63, 3.8) is 0 Å². The topological polar surface area (TPSA) is 103 Å². The Balaban J connectivity index is 1.44. The van der Waals surface area contributed by atoms with Gasteiger partial charge in [0.1, 0.15) is 0 Å². The van der Waals surface area contributed by atoms with Gasteiger partial charge < -0.3 is 11.1 Å². The van der Waals surface area contributed by atoms with Crippen molar-refractivity contribution in [3.8, 4) is 11.1 Å². The summed E-state index contributed by atoms with van der Waals surface area (Å²) < 4.78 is 3.87. The number of nitrogens with one attached hydrogen (secondary N) is 1. The molecule has 4 aromatic rings. The Hall–Kier alpha value is -3.68. The van der Waals surface area contributed by atoms with Gasteiger partial charge in [-0.3, -0.25) is 9.48 Å². The molecule has 0 bridgehead atoms. The Morgan fingerprint density at radius 1 is 1.19 bits per heavy atom. The van der Waals surface area contributed by atoms with E-state index in [0.29, 0.717) is 17.6 Å². The third kappa shape index (κ3) is 3.76. The average molecular weight is 416 g/mol. The molecular weight excluding hydrogens is 390 g/mol. The van der Waals surface area contributed by atoms with Crippen LogP contribution in [0, 0.1) is 6.92 Å². The molecule has 8 heteroatoms. The average Bonchev–Trinajstić information content (AvgIpc) is 3.41. The summed E-state index contributed by atoms with van der Waals surface area (Å²) in [5, 5.41) is 12.4. The predicted molar refractivity (Wildman–Crippen MR) is 119 cm³/mol. The number of carbonyl (C=O) groups excluding carboxylic acids is 1. The number of pyridine rings is 1. The molecule has 0 unspecified atom stereocenters. The van der Waals surface area contributed by atoms with E-state index >= 15 is 0 Å². The van der Waals surface area contributed by atoms with Crippen LogP contribution in [0.1, 0.15) is 54.1 Å². The van der Waals surface area contributed by atoms with Gasteiger partial charge >= 0.3 is 0 Å². The highest BCUT2D eigenvalue weighted by atomic mass is 16.1. The van der Waals surface area contributed by atoms with Crippen LogP contribution in [-0.4, -0.2) is 30.3 Å². The zero-order chi connectivity index (χ0) is 21.4. The van der Waals surface area contributed by atoms with Crippen molar-refractivity contribution in [2.24, 2.45) is 5.73 Å². The van der Waals surface area contributed by atoms with Gasteiger partial charge in [-0.15, -0.1) is 5.10 Å². The summed E-state index contributed by atoms with van der Waals surface area (Å²) in [4.78, 5) is 16.2. The highest BCUT2D eigenvalue weighted by Gasteiger charge is 2.18. The number of nitrogens with two attached hydrogens (primary N) is 1. The summed E-state index contributed by atoms with van der Waals surface area (Å²) in [7, 11) is 0. The van der Waals surface area contributed by atoms with Crippen molar-refractivity contribution in [1.29, 1.82) is 0 Å². The molecule has 0 atom stereocenters. The molecule has 5 rings (SSSR count). The van der Waals surface area contributed by atoms with E-state index in [1.807, 2.05) is 37.5 Å². The van der Waals surface area contributed by atoms with Crippen molar-refractivity contribution < 1.29 is 4.79 Å². The molecule has 3 heterocycles. The molecule has 0 radical (unpaired) electrons. The zero-order valence-electron chi connectivity index (χ0n) is 17.5. The number of rotatable bonds is 5. The minimum Gasteiger partial charge on any atom is -0.366 e. The number of hydrogen-bond acceptors (Lipinski definition) is 5. The van der Waals surface area contributed by atoms with Crippen molar-refractivity contribution in [1.82, 2.24) is 24.4 Å². The Labute approximate surface area is 180 Å². The summed E-state index contributed by atoms with van der Waals surface area (Å²) in [6.07, 6.45) is 12.2. The lowest BCUT2D eigenvalue weighted by Gasteiger charge is -2.21. The SMILES string of the molecule is Cc1cc(Nc2nc3c(-c4cnn(C5CCCCC5)c4)cccn3n2)ccc1C(N)=O. The van der Waals surface area contributed by atoms with Crippen LogP contribution >= 0.6 is 0 Å². The van der Waals surface area contributed by atoms with Crippen LogP contribution in [0.25, 0.3) is 16.8 Å². The molecule has 3 N–H and O–H groups in total. The first-order valence-electron chi connectivity index (χ1n) is 10.7. The van der Waals surface area contributed by atoms with Crippen molar-refractivity contribution in [2.75, 3.05) is 5.32 Å². The summed E-state index contributed by atoms with van der Waals surface area (Å²) in [6.45, 7) is 1.85. The molecule has 1 fully saturated rings. The number of anilines is 2. The minimum atomic E-state index is -0.437. The first-order chi connectivity index (χ1) is 15.1. The Morgan fingerprint density at radius 3 is 2.81 bits per heavy atom. The predicted octanol–water partition coefficient (Wildman–Crippen LogP) is 4.25. The maximum atomic E-state index is 11.5. The van der Waals surface area contributed by atoms with Gasteiger partial charge in [0.2, 0.25) is 11.9 Å². The van der Waals surface area contributed by atoms with Gasteiger partial charge in [-0.25, -0.2) is 4.52 Å². The van der Waals surface area contributed by atoms with Crippen LogP contribution < -0.4 is 11.1 Å². The van der Waals surface area contributed by atoms with Gasteiger partial charge in [0.15, 0.2) is 5.65 Å². The molecule has 31 heavy (non-hydrogen) atoms. The molecule has 0 saturated heterocycles. The maximum Gasteiger partial charge on any atom is 0.248 e. The van der Waals surface area contributed by atoms with Crippen LogP contribution in [0.3, 0.4) is 0 Å². The van der Waals surface area contributed by atoms with Gasteiger partial charge in [-0.2, -0.15) is 10.1 Å². The standard InChI is InChI=1S/C23H25N7O/c1-15-12-17(9-10-19(15)21(24)31)26-23-27-22-20(8-5-11-29(22)28-23)16-13-25-30(14-16)18-6-3-2-4-7-18/h5,8-14,18H,2-4,6-7H2,1H3,(H2,24,31)(H,26,28). The van der Waals surface area contributed by atoms with Gasteiger partial charge in [0.05, 0.1) is 12.2 Å². The number of carbonyl (C=O) groups is 1. The van der Waals surface area contributed by atoms with E-state index in [9.17, 15) is 4.79 Å². The fraction of sp³-hybridized carbons (Fsp3) is 0.304. The van der Waals surface area contributed by atoms with Gasteiger partial charge in [-0.05, 0) is 55.7 Å². The number of benzene rings is 1. The summed E-state index contributed by atoms with van der Waals surface area (Å²) in [6, 6.07) is 9.87. The van der Waals surface area contributed by atoms with Gasteiger partial charge in [0, 0.05) is 34.8 Å². The third-order valence-electron chi connectivity index (χ3n) is 5.97. The quantitative estimate of drug-likeness (QED) is 0.507. The first kappa shape index (κ1) is 19.3. The normalized spacial score (nSPS) is 14.7. The largest absolute Gasteiger partial charge is 0.366 e. The molecule has 1 saturated carbocycles. The van der Waals surface area contributed by atoms with E-state index in [0.717, 1.165) is 28.0 Å². The van der Waals surface area contributed by atoms with Crippen molar-refractivity contribution >= 4 is 23.2 Å². The number of primary amides is 1. The van der Waals surface area contributed by atoms with Gasteiger partial charge in [-0.1, -0.05) is 19.3 Å². The van der Waals surface area contributed by atoms with Crippen LogP contribution in [0.2, 0.25) is 0 Å². The van der Waals surface area contributed by atoms with E-state index in [1.165, 1.54) is 32.1 Å². The molecule has 0 spiro atoms. The molecule has 158 valence electrons. The third-order valence-corrected chi connectivity index (χ3v) is 5.97. The summed E-state index contributed by atoms with van der Waals surface area (Å²) >= 11 is 0. The molecular formula is C23H25N7O. The second-order valence-corrected chi connectivity index (χ2v) is 8.15. The number of aromatic nitrogens is 5. The van der Waals surface area contributed by atoms with Crippen LogP contribution in [0.4, 0.5) is 11.6 Å². The Kier molecular flexibility index (Phi) is 4.89. The lowest BCUT2D eigenvalue weighted by molar-refractivity contribution is 0.0999. The second kappa shape index (κ2) is 7.86. The first-order valence-corrected chi connectivity index (χ1v) is 10.7. The fourth-order valence-electron chi connectivity index (χ4n) is 4.35. The van der Waals surface area contributed by atoms with Crippen molar-refractivity contribution in [2.45, 2.75) is 45.1 Å². The van der Waals surface area contributed by atoms with Crippen LogP contribution in [0.5, 0.6) is 0 Å². The highest BCUT2D eigenvalue weighted by Crippen LogP contribution is 2.30. The summed E-state index contributed by atoms with van der Waals surface area (Å²) in [5.41, 5.74) is 10.3. The van der Waals surface area contributed by atoms with E-state index in [-0.39, 0.29) is 0 Å². The Bertz CT molecular complexity index is 1250. The number of hydrogen-bond donors (Lipinski definition) is 2. The monoisotopic (exact) mass is 415 g/mol. The number of nitrogens with zero attached hydrogens (tertiary/aromatic N) is 5. The second-order valence-electron chi connectivity index (χ2n) is 8.15. The maximum absolute atomic E-state index is 11.5. The van der Waals surface area contributed by atoms with E-state index in [1.54, 1.807) is 16.6 Å². The van der Waals surface area contributed by atoms with Crippen LogP contribution in [-0.2, 0) is 0 Å². The molecule has 3 aromatic heterocycles. The Morgan fingerprint density at radius 2 is 2.03 bits per heavy atom. The smallest absolute Gasteiger partial charge is 0.248 e. The van der Waals surface area contributed by atoms with Gasteiger partial charge in [0.25, 0.3) is 0 Å². The molecule has 8 nitrogen and oxygen atoms in total. The molecule has 1 aromatic carbocycles. The highest BCUT2D eigenvalue weighted by molar-refractivity contribution is 5.94. The fourth-order valence-corrected chi connectivity index (χ4v) is 4.35. The zero-order valence-corrected chi connectivity index (χ0v) is 17.5. The number of amides is 1. The molecule has 1 aliphatic carbocycles. The van der Waals surface area contributed by atoms with E-state index in [4.69, 9.17) is 10.7 Å². The van der Waals surface area contributed by atoms with Crippen molar-refractivity contribution in [3.05, 3.63) is 60.0 Å². The lowest BCUT2D eigenvalue weighted by atomic mass is 9.96. The molecule has 1 aliphatic rings. The summed E-state index contributed by atoms with van der Waals surface area (Å²) in [5.74, 6) is 0.0478. The van der Waals surface area contributed by atoms with Crippen LogP contribution in [0.15, 0.2) is 48.9 Å². The molecule has 0 aliphatic heterocycles. The number of fused-ring (bicyclic) bond motifs is 1. The minimum absolute atomic E-state index is 0.437. The van der Waals surface area contributed by atoms with E-state index in [2.05, 4.69) is 26.4 Å². The number of aryl methyl sites for hydroxylation is 1. The lowest BCUT2D eigenvalue weighted by Crippen LogP contribution is -2.12. The van der Waals surface area contributed by atoms with E-state index < -0.39 is 5.91 Å².